The Bertz CT molecular complexity index is 777. The van der Waals surface area contributed by atoms with Crippen LogP contribution in [0.2, 0.25) is 0 Å². The maximum atomic E-state index is 13.4. The number of phenolic OH excluding ortho intramolecular Hbond substituents is 2. The van der Waals surface area contributed by atoms with Crippen molar-refractivity contribution in [1.82, 2.24) is 4.57 Å². The van der Waals surface area contributed by atoms with Gasteiger partial charge in [-0.15, -0.1) is 0 Å². The van der Waals surface area contributed by atoms with Gasteiger partial charge in [0.1, 0.15) is 5.75 Å². The van der Waals surface area contributed by atoms with Crippen LogP contribution in [0, 0.1) is 12.7 Å². The van der Waals surface area contributed by atoms with Crippen LogP contribution in [0.1, 0.15) is 5.56 Å². The predicted octanol–water partition coefficient (Wildman–Crippen LogP) is 3.49. The highest BCUT2D eigenvalue weighted by atomic mass is 19.1. The monoisotopic (exact) mass is 257 g/mol. The molecule has 0 atom stereocenters. The van der Waals surface area contributed by atoms with Crippen molar-refractivity contribution in [2.24, 2.45) is 0 Å². The molecule has 0 saturated carbocycles. The van der Waals surface area contributed by atoms with Crippen molar-refractivity contribution in [3.8, 4) is 17.2 Å². The number of nitrogens with zero attached hydrogens (tertiary/aromatic N) is 1. The van der Waals surface area contributed by atoms with Crippen molar-refractivity contribution >= 4 is 10.9 Å². The highest BCUT2D eigenvalue weighted by Gasteiger charge is 2.11. The molecule has 4 heteroatoms. The zero-order valence-electron chi connectivity index (χ0n) is 10.3. The van der Waals surface area contributed by atoms with E-state index in [4.69, 9.17) is 0 Å². The first-order valence-corrected chi connectivity index (χ1v) is 5.86. The van der Waals surface area contributed by atoms with E-state index in [0.29, 0.717) is 5.69 Å². The number of hydrogen-bond acceptors (Lipinski definition) is 2. The Balaban J connectivity index is 2.31. The Hall–Kier alpha value is -2.49. The van der Waals surface area contributed by atoms with Gasteiger partial charge in [-0.1, -0.05) is 6.07 Å². The molecule has 0 aliphatic heterocycles. The molecular weight excluding hydrogens is 245 g/mol. The summed E-state index contributed by atoms with van der Waals surface area (Å²) in [5.41, 5.74) is 2.29. The van der Waals surface area contributed by atoms with Gasteiger partial charge in [0.15, 0.2) is 11.6 Å². The average molecular weight is 257 g/mol. The fourth-order valence-corrected chi connectivity index (χ4v) is 2.32. The van der Waals surface area contributed by atoms with Crippen LogP contribution in [0.15, 0.2) is 42.6 Å². The van der Waals surface area contributed by atoms with Crippen LogP contribution in [0.5, 0.6) is 11.5 Å². The number of aromatic hydroxyl groups is 2. The van der Waals surface area contributed by atoms with Crippen molar-refractivity contribution in [3.05, 3.63) is 54.0 Å². The maximum Gasteiger partial charge on any atom is 0.166 e. The lowest BCUT2D eigenvalue weighted by Gasteiger charge is -2.06. The number of phenols is 2. The lowest BCUT2D eigenvalue weighted by molar-refractivity contribution is 0.432. The minimum atomic E-state index is -0.669. The highest BCUT2D eigenvalue weighted by Crippen LogP contribution is 2.31. The molecule has 0 unspecified atom stereocenters. The quantitative estimate of drug-likeness (QED) is 0.701. The third-order valence-electron chi connectivity index (χ3n) is 3.21. The number of fused-ring (bicyclic) bond motifs is 1. The van der Waals surface area contributed by atoms with E-state index >= 15 is 0 Å². The van der Waals surface area contributed by atoms with Crippen LogP contribution < -0.4 is 0 Å². The van der Waals surface area contributed by atoms with E-state index in [1.165, 1.54) is 12.1 Å². The number of hydrogen-bond donors (Lipinski definition) is 2. The van der Waals surface area contributed by atoms with Crippen LogP contribution in [0.4, 0.5) is 4.39 Å². The van der Waals surface area contributed by atoms with Crippen molar-refractivity contribution in [2.75, 3.05) is 0 Å². The summed E-state index contributed by atoms with van der Waals surface area (Å²) in [6, 6.07) is 9.42. The van der Waals surface area contributed by atoms with Crippen LogP contribution in [0.25, 0.3) is 16.6 Å². The van der Waals surface area contributed by atoms with E-state index in [0.717, 1.165) is 16.5 Å². The summed E-state index contributed by atoms with van der Waals surface area (Å²) in [7, 11) is 0. The Morgan fingerprint density at radius 2 is 1.84 bits per heavy atom. The minimum Gasteiger partial charge on any atom is -0.507 e. The lowest BCUT2D eigenvalue weighted by Crippen LogP contribution is -1.92. The highest BCUT2D eigenvalue weighted by molar-refractivity contribution is 5.90. The molecule has 0 saturated heterocycles. The molecule has 0 spiro atoms. The zero-order valence-corrected chi connectivity index (χ0v) is 10.3. The van der Waals surface area contributed by atoms with Crippen LogP contribution >= 0.6 is 0 Å². The largest absolute Gasteiger partial charge is 0.507 e. The molecule has 0 aliphatic carbocycles. The molecule has 0 bridgehead atoms. The van der Waals surface area contributed by atoms with Crippen molar-refractivity contribution < 1.29 is 14.6 Å². The number of aryl methyl sites for hydroxylation is 1. The number of benzene rings is 2. The number of rotatable bonds is 1. The molecule has 0 radical (unpaired) electrons. The van der Waals surface area contributed by atoms with Gasteiger partial charge in [0.25, 0.3) is 0 Å². The van der Waals surface area contributed by atoms with Crippen molar-refractivity contribution in [3.63, 3.8) is 0 Å². The molecule has 19 heavy (non-hydrogen) atoms. The van der Waals surface area contributed by atoms with Gasteiger partial charge < -0.3 is 14.8 Å². The van der Waals surface area contributed by atoms with E-state index in [1.807, 2.05) is 19.2 Å². The first-order chi connectivity index (χ1) is 9.08. The summed E-state index contributed by atoms with van der Waals surface area (Å²) in [6.07, 6.45) is 1.83. The second kappa shape index (κ2) is 4.02. The van der Waals surface area contributed by atoms with Gasteiger partial charge in [0, 0.05) is 23.3 Å². The molecule has 1 aromatic heterocycles. The normalized spacial score (nSPS) is 11.1. The predicted molar refractivity (Wildman–Crippen MR) is 71.3 cm³/mol. The van der Waals surface area contributed by atoms with Crippen LogP contribution in [-0.4, -0.2) is 14.8 Å². The van der Waals surface area contributed by atoms with E-state index in [1.54, 1.807) is 22.8 Å². The molecule has 96 valence electrons. The van der Waals surface area contributed by atoms with Crippen LogP contribution in [-0.2, 0) is 0 Å². The summed E-state index contributed by atoms with van der Waals surface area (Å²) in [6.45, 7) is 1.88. The Labute approximate surface area is 109 Å². The molecule has 2 N–H and O–H groups in total. The lowest BCUT2D eigenvalue weighted by atomic mass is 10.2. The number of aromatic nitrogens is 1. The Morgan fingerprint density at radius 3 is 2.58 bits per heavy atom. The van der Waals surface area contributed by atoms with Gasteiger partial charge in [-0.2, -0.15) is 0 Å². The van der Waals surface area contributed by atoms with Crippen molar-refractivity contribution in [1.29, 1.82) is 0 Å². The molecule has 3 aromatic rings. The fraction of sp³-hybridized carbons (Fsp3) is 0.0667. The first-order valence-electron chi connectivity index (χ1n) is 5.86. The molecule has 0 fully saturated rings. The molecule has 1 heterocycles. The third kappa shape index (κ3) is 1.73. The standard InChI is InChI=1S/C15H12FNO2/c1-9-8-17(10-5-6-13(18)11(16)7-10)12-3-2-4-14(19)15(9)12/h2-8,18-19H,1H3. The summed E-state index contributed by atoms with van der Waals surface area (Å²) < 4.78 is 15.2. The summed E-state index contributed by atoms with van der Waals surface area (Å²) in [5, 5.41) is 19.9. The third-order valence-corrected chi connectivity index (χ3v) is 3.21. The number of halogens is 1. The summed E-state index contributed by atoms with van der Waals surface area (Å²) in [4.78, 5) is 0. The topological polar surface area (TPSA) is 45.4 Å². The molecule has 0 aliphatic rings. The SMILES string of the molecule is Cc1cn(-c2ccc(O)c(F)c2)c2cccc(O)c12. The summed E-state index contributed by atoms with van der Waals surface area (Å²) >= 11 is 0. The molecule has 3 nitrogen and oxygen atoms in total. The van der Waals surface area contributed by atoms with Gasteiger partial charge in [-0.3, -0.25) is 0 Å². The maximum absolute atomic E-state index is 13.4. The minimum absolute atomic E-state index is 0.202. The Morgan fingerprint density at radius 1 is 1.05 bits per heavy atom. The van der Waals surface area contributed by atoms with Gasteiger partial charge in [-0.05, 0) is 36.8 Å². The van der Waals surface area contributed by atoms with Gasteiger partial charge in [0.05, 0.1) is 5.52 Å². The second-order valence-corrected chi connectivity index (χ2v) is 4.49. The van der Waals surface area contributed by atoms with E-state index < -0.39 is 5.82 Å². The van der Waals surface area contributed by atoms with Crippen LogP contribution in [0.3, 0.4) is 0 Å². The summed E-state index contributed by atoms with van der Waals surface area (Å²) in [5.74, 6) is -0.843. The van der Waals surface area contributed by atoms with E-state index in [2.05, 4.69) is 0 Å². The van der Waals surface area contributed by atoms with E-state index in [-0.39, 0.29) is 11.5 Å². The average Bonchev–Trinajstić information content (AvgIpc) is 2.72. The molecular formula is C15H12FNO2. The van der Waals surface area contributed by atoms with E-state index in [9.17, 15) is 14.6 Å². The second-order valence-electron chi connectivity index (χ2n) is 4.49. The molecule has 2 aromatic carbocycles. The molecule has 3 rings (SSSR count). The Kier molecular flexibility index (Phi) is 2.45. The van der Waals surface area contributed by atoms with Gasteiger partial charge in [-0.25, -0.2) is 4.39 Å². The smallest absolute Gasteiger partial charge is 0.166 e. The van der Waals surface area contributed by atoms with Crippen molar-refractivity contribution in [2.45, 2.75) is 6.92 Å². The first kappa shape index (κ1) is 11.6. The van der Waals surface area contributed by atoms with Gasteiger partial charge in [0.2, 0.25) is 0 Å². The molecule has 0 amide bonds. The fourth-order valence-electron chi connectivity index (χ4n) is 2.32. The zero-order chi connectivity index (χ0) is 13.6. The van der Waals surface area contributed by atoms with Gasteiger partial charge >= 0.3 is 0 Å².